The lowest BCUT2D eigenvalue weighted by Gasteiger charge is -1.98. The highest BCUT2D eigenvalue weighted by Gasteiger charge is 1.96. The minimum Gasteiger partial charge on any atom is -0.450 e. The highest BCUT2D eigenvalue weighted by Crippen LogP contribution is 2.16. The van der Waals surface area contributed by atoms with Gasteiger partial charge in [0.2, 0.25) is 0 Å². The fraction of sp³-hybridized carbons (Fsp3) is 0. The number of fused-ring (bicyclic) bond motifs is 1. The molecule has 0 bridgehead atoms. The van der Waals surface area contributed by atoms with E-state index in [1.54, 1.807) is 0 Å². The average molecular weight is 280 g/mol. The molecule has 0 aliphatic rings. The summed E-state index contributed by atoms with van der Waals surface area (Å²) in [5, 5.41) is 30.0. The van der Waals surface area contributed by atoms with E-state index < -0.39 is 12.3 Å². The van der Waals surface area contributed by atoms with Crippen LogP contribution in [-0.4, -0.2) is 39.0 Å². The fourth-order valence-electron chi connectivity index (χ4n) is 1.35. The molecule has 0 radical (unpaired) electrons. The van der Waals surface area contributed by atoms with Gasteiger partial charge < -0.3 is 20.4 Å². The molecule has 0 amide bonds. The molecular formula is C13H12O7. The van der Waals surface area contributed by atoms with Crippen molar-refractivity contribution in [2.45, 2.75) is 0 Å². The molecule has 106 valence electrons. The number of hydrogen-bond acceptors (Lipinski definition) is 3. The number of rotatable bonds is 1. The van der Waals surface area contributed by atoms with Crippen molar-refractivity contribution in [1.82, 2.24) is 0 Å². The number of carboxylic acid groups (broad SMARTS) is 4. The zero-order valence-electron chi connectivity index (χ0n) is 10.1. The maximum Gasteiger partial charge on any atom is 0.503 e. The summed E-state index contributed by atoms with van der Waals surface area (Å²) in [6.45, 7) is 0. The van der Waals surface area contributed by atoms with E-state index in [4.69, 9.17) is 30.0 Å². The maximum atomic E-state index is 10.6. The van der Waals surface area contributed by atoms with Gasteiger partial charge in [0.05, 0.1) is 0 Å². The van der Waals surface area contributed by atoms with Crippen molar-refractivity contribution >= 4 is 29.4 Å². The predicted molar refractivity (Wildman–Crippen MR) is 70.6 cm³/mol. The van der Waals surface area contributed by atoms with E-state index in [0.717, 1.165) is 22.6 Å². The molecule has 0 saturated heterocycles. The van der Waals surface area contributed by atoms with Crippen LogP contribution in [0.1, 0.15) is 10.4 Å². The predicted octanol–water partition coefficient (Wildman–Crippen LogP) is 3.10. The molecule has 0 fully saturated rings. The Kier molecular flexibility index (Phi) is 7.54. The van der Waals surface area contributed by atoms with E-state index in [1.165, 1.54) is 0 Å². The Balaban J connectivity index is 0.000000380. The maximum absolute atomic E-state index is 10.6. The van der Waals surface area contributed by atoms with Gasteiger partial charge in [-0.3, -0.25) is 4.79 Å². The Morgan fingerprint density at radius 1 is 0.800 bits per heavy atom. The van der Waals surface area contributed by atoms with E-state index in [-0.39, 0.29) is 0 Å². The summed E-state index contributed by atoms with van der Waals surface area (Å²) in [4.78, 5) is 27.7. The van der Waals surface area contributed by atoms with Crippen molar-refractivity contribution in [3.63, 3.8) is 0 Å². The first-order valence-corrected chi connectivity index (χ1v) is 5.15. The number of carbonyl (C=O) groups is 3. The van der Waals surface area contributed by atoms with E-state index in [1.807, 2.05) is 42.5 Å². The van der Waals surface area contributed by atoms with Crippen LogP contribution in [-0.2, 0) is 0 Å². The van der Waals surface area contributed by atoms with E-state index >= 15 is 0 Å². The molecule has 0 unspecified atom stereocenters. The Bertz CT molecular complexity index is 567. The zero-order chi connectivity index (χ0) is 15.5. The third-order valence-corrected chi connectivity index (χ3v) is 1.95. The van der Waals surface area contributed by atoms with Crippen molar-refractivity contribution in [1.29, 1.82) is 0 Å². The highest BCUT2D eigenvalue weighted by atomic mass is 16.6. The van der Waals surface area contributed by atoms with Crippen LogP contribution in [0.4, 0.5) is 9.59 Å². The Morgan fingerprint density at radius 2 is 1.25 bits per heavy atom. The second-order valence-electron chi connectivity index (χ2n) is 3.25. The van der Waals surface area contributed by atoms with E-state index in [9.17, 15) is 4.79 Å². The number of hydrogen-bond donors (Lipinski definition) is 4. The molecule has 0 aromatic heterocycles. The topological polar surface area (TPSA) is 132 Å². The van der Waals surface area contributed by atoms with Crippen molar-refractivity contribution in [2.75, 3.05) is 0 Å². The molecule has 2 aromatic rings. The Hall–Kier alpha value is -3.09. The van der Waals surface area contributed by atoms with Gasteiger partial charge in [-0.05, 0) is 10.8 Å². The SMILES string of the molecule is O=C(O)O.O=C(O)O.O=Cc1cccc2ccccc12. The standard InChI is InChI=1S/C11H8O.2CH2O3/c12-8-10-6-3-5-9-4-1-2-7-11(9)10;2*2-1(3)4/h1-8H;2*(H2,2,3,4). The third kappa shape index (κ3) is 7.28. The smallest absolute Gasteiger partial charge is 0.450 e. The van der Waals surface area contributed by atoms with Crippen molar-refractivity contribution in [3.8, 4) is 0 Å². The summed E-state index contributed by atoms with van der Waals surface area (Å²) >= 11 is 0. The normalized spacial score (nSPS) is 8.40. The van der Waals surface area contributed by atoms with Gasteiger partial charge in [-0.1, -0.05) is 42.5 Å². The number of aldehydes is 1. The van der Waals surface area contributed by atoms with Gasteiger partial charge in [0, 0.05) is 5.56 Å². The number of benzene rings is 2. The third-order valence-electron chi connectivity index (χ3n) is 1.95. The lowest BCUT2D eigenvalue weighted by atomic mass is 10.1. The summed E-state index contributed by atoms with van der Waals surface area (Å²) in [6, 6.07) is 13.6. The zero-order valence-corrected chi connectivity index (χ0v) is 10.1. The molecule has 0 atom stereocenters. The van der Waals surface area contributed by atoms with Crippen LogP contribution < -0.4 is 0 Å². The number of carbonyl (C=O) groups excluding carboxylic acids is 1. The van der Waals surface area contributed by atoms with Crippen LogP contribution in [0.5, 0.6) is 0 Å². The van der Waals surface area contributed by atoms with Crippen LogP contribution in [0.2, 0.25) is 0 Å². The van der Waals surface area contributed by atoms with Crippen LogP contribution in [0.15, 0.2) is 42.5 Å². The average Bonchev–Trinajstić information content (AvgIpc) is 2.36. The summed E-state index contributed by atoms with van der Waals surface area (Å²) in [5.41, 5.74) is 0.758. The molecule has 2 aromatic carbocycles. The highest BCUT2D eigenvalue weighted by molar-refractivity contribution is 5.97. The molecule has 20 heavy (non-hydrogen) atoms. The second kappa shape index (κ2) is 8.92. The molecule has 0 aliphatic carbocycles. The van der Waals surface area contributed by atoms with Gasteiger partial charge in [-0.2, -0.15) is 0 Å². The van der Waals surface area contributed by atoms with Gasteiger partial charge in [-0.15, -0.1) is 0 Å². The molecule has 0 saturated carbocycles. The summed E-state index contributed by atoms with van der Waals surface area (Å²) in [5.74, 6) is 0. The first-order chi connectivity index (χ1) is 9.38. The second-order valence-corrected chi connectivity index (χ2v) is 3.25. The van der Waals surface area contributed by atoms with Crippen LogP contribution in [0.3, 0.4) is 0 Å². The van der Waals surface area contributed by atoms with Crippen molar-refractivity contribution in [2.24, 2.45) is 0 Å². The lowest BCUT2D eigenvalue weighted by Crippen LogP contribution is -1.81. The first-order valence-electron chi connectivity index (χ1n) is 5.15. The van der Waals surface area contributed by atoms with Gasteiger partial charge >= 0.3 is 12.3 Å². The molecular weight excluding hydrogens is 268 g/mol. The van der Waals surface area contributed by atoms with Crippen LogP contribution in [0, 0.1) is 0 Å². The van der Waals surface area contributed by atoms with Gasteiger partial charge in [0.25, 0.3) is 0 Å². The van der Waals surface area contributed by atoms with Crippen LogP contribution >= 0.6 is 0 Å². The van der Waals surface area contributed by atoms with E-state index in [0.29, 0.717) is 0 Å². The molecule has 2 rings (SSSR count). The summed E-state index contributed by atoms with van der Waals surface area (Å²) in [6.07, 6.45) is -2.78. The van der Waals surface area contributed by atoms with E-state index in [2.05, 4.69) is 0 Å². The Labute approximate surface area is 113 Å². The molecule has 4 N–H and O–H groups in total. The van der Waals surface area contributed by atoms with Gasteiger partial charge in [0.15, 0.2) is 6.29 Å². The van der Waals surface area contributed by atoms with Crippen molar-refractivity contribution < 1.29 is 34.8 Å². The lowest BCUT2D eigenvalue weighted by molar-refractivity contribution is 0.112. The minimum absolute atomic E-state index is 0.758. The summed E-state index contributed by atoms with van der Waals surface area (Å²) < 4.78 is 0. The van der Waals surface area contributed by atoms with Crippen molar-refractivity contribution in [3.05, 3.63) is 48.0 Å². The quantitative estimate of drug-likeness (QED) is 0.590. The van der Waals surface area contributed by atoms with Gasteiger partial charge in [-0.25, -0.2) is 9.59 Å². The Morgan fingerprint density at radius 3 is 1.75 bits per heavy atom. The van der Waals surface area contributed by atoms with Crippen LogP contribution in [0.25, 0.3) is 10.8 Å². The molecule has 0 aliphatic heterocycles. The summed E-state index contributed by atoms with van der Waals surface area (Å²) in [7, 11) is 0. The molecule has 0 spiro atoms. The molecule has 0 heterocycles. The molecule has 7 heteroatoms. The largest absolute Gasteiger partial charge is 0.503 e. The van der Waals surface area contributed by atoms with Gasteiger partial charge in [0.1, 0.15) is 0 Å². The monoisotopic (exact) mass is 280 g/mol. The minimum atomic E-state index is -1.83. The first kappa shape index (κ1) is 16.9. The fourth-order valence-corrected chi connectivity index (χ4v) is 1.35. The molecule has 7 nitrogen and oxygen atoms in total.